The molecule has 0 aliphatic heterocycles. The number of hydrogen-bond donors (Lipinski definition) is 1. The third kappa shape index (κ3) is 2.79. The van der Waals surface area contributed by atoms with Crippen LogP contribution in [0.15, 0.2) is 28.7 Å². The number of nitrogens with one attached hydrogen (secondary N) is 1. The SMILES string of the molecule is Cc1sc(NC(=O)C2CCC2)nc1-c1ccc(Br)cc1. The van der Waals surface area contributed by atoms with Crippen molar-refractivity contribution >= 4 is 38.3 Å². The Morgan fingerprint density at radius 3 is 2.65 bits per heavy atom. The molecule has 1 saturated carbocycles. The lowest BCUT2D eigenvalue weighted by molar-refractivity contribution is -0.122. The minimum absolute atomic E-state index is 0.118. The smallest absolute Gasteiger partial charge is 0.229 e. The lowest BCUT2D eigenvalue weighted by Crippen LogP contribution is -2.27. The van der Waals surface area contributed by atoms with E-state index in [4.69, 9.17) is 0 Å². The summed E-state index contributed by atoms with van der Waals surface area (Å²) in [4.78, 5) is 17.6. The second kappa shape index (κ2) is 5.66. The van der Waals surface area contributed by atoms with Gasteiger partial charge in [-0.2, -0.15) is 0 Å². The number of hydrogen-bond acceptors (Lipinski definition) is 3. The van der Waals surface area contributed by atoms with Crippen LogP contribution in [0.2, 0.25) is 0 Å². The molecular formula is C15H15BrN2OS. The highest BCUT2D eigenvalue weighted by Gasteiger charge is 2.26. The van der Waals surface area contributed by atoms with Gasteiger partial charge in [0.05, 0.1) is 5.69 Å². The minimum atomic E-state index is 0.118. The molecule has 1 heterocycles. The van der Waals surface area contributed by atoms with Crippen LogP contribution in [0.4, 0.5) is 5.13 Å². The topological polar surface area (TPSA) is 42.0 Å². The number of benzene rings is 1. The van der Waals surface area contributed by atoms with Crippen molar-refractivity contribution in [1.29, 1.82) is 0 Å². The highest BCUT2D eigenvalue weighted by atomic mass is 79.9. The van der Waals surface area contributed by atoms with Gasteiger partial charge in [-0.05, 0) is 31.9 Å². The predicted molar refractivity (Wildman–Crippen MR) is 86.0 cm³/mol. The highest BCUT2D eigenvalue weighted by Crippen LogP contribution is 2.33. The van der Waals surface area contributed by atoms with Crippen molar-refractivity contribution in [2.45, 2.75) is 26.2 Å². The number of carbonyl (C=O) groups excluding carboxylic acids is 1. The molecule has 3 rings (SSSR count). The maximum atomic E-state index is 11.9. The van der Waals surface area contributed by atoms with E-state index in [1.54, 1.807) is 0 Å². The van der Waals surface area contributed by atoms with Crippen LogP contribution in [0.3, 0.4) is 0 Å². The van der Waals surface area contributed by atoms with Crippen LogP contribution < -0.4 is 5.32 Å². The molecule has 1 aromatic carbocycles. The van der Waals surface area contributed by atoms with E-state index in [1.807, 2.05) is 31.2 Å². The van der Waals surface area contributed by atoms with Gasteiger partial charge in [0.1, 0.15) is 0 Å². The Morgan fingerprint density at radius 2 is 2.05 bits per heavy atom. The van der Waals surface area contributed by atoms with Crippen molar-refractivity contribution in [2.24, 2.45) is 5.92 Å². The zero-order valence-corrected chi connectivity index (χ0v) is 13.6. The average molecular weight is 351 g/mol. The van der Waals surface area contributed by atoms with Crippen LogP contribution in [-0.2, 0) is 4.79 Å². The van der Waals surface area contributed by atoms with Gasteiger partial charge in [0.2, 0.25) is 5.91 Å². The first-order chi connectivity index (χ1) is 9.63. The highest BCUT2D eigenvalue weighted by molar-refractivity contribution is 9.10. The van der Waals surface area contributed by atoms with Crippen LogP contribution in [0.1, 0.15) is 24.1 Å². The minimum Gasteiger partial charge on any atom is -0.302 e. The molecule has 5 heteroatoms. The van der Waals surface area contributed by atoms with E-state index < -0.39 is 0 Å². The third-order valence-electron chi connectivity index (χ3n) is 3.62. The summed E-state index contributed by atoms with van der Waals surface area (Å²) >= 11 is 4.97. The van der Waals surface area contributed by atoms with E-state index in [0.29, 0.717) is 5.13 Å². The number of carbonyl (C=O) groups is 1. The Morgan fingerprint density at radius 1 is 1.35 bits per heavy atom. The van der Waals surface area contributed by atoms with Gasteiger partial charge >= 0.3 is 0 Å². The fourth-order valence-corrected chi connectivity index (χ4v) is 3.31. The molecule has 0 radical (unpaired) electrons. The van der Waals surface area contributed by atoms with Crippen molar-refractivity contribution in [1.82, 2.24) is 4.98 Å². The third-order valence-corrected chi connectivity index (χ3v) is 5.04. The fraction of sp³-hybridized carbons (Fsp3) is 0.333. The van der Waals surface area contributed by atoms with Crippen molar-refractivity contribution in [3.8, 4) is 11.3 Å². The summed E-state index contributed by atoms with van der Waals surface area (Å²) in [5.74, 6) is 0.308. The zero-order chi connectivity index (χ0) is 14.1. The summed E-state index contributed by atoms with van der Waals surface area (Å²) in [6, 6.07) is 8.06. The van der Waals surface area contributed by atoms with E-state index in [0.717, 1.165) is 33.4 Å². The summed E-state index contributed by atoms with van der Waals surface area (Å²) < 4.78 is 1.05. The van der Waals surface area contributed by atoms with Crippen LogP contribution >= 0.6 is 27.3 Å². The normalized spacial score (nSPS) is 14.9. The van der Waals surface area contributed by atoms with Gasteiger partial charge in [-0.25, -0.2) is 4.98 Å². The Labute approximate surface area is 130 Å². The number of thiazole rings is 1. The van der Waals surface area contributed by atoms with Gasteiger partial charge in [-0.1, -0.05) is 34.5 Å². The van der Waals surface area contributed by atoms with Crippen molar-refractivity contribution in [2.75, 3.05) is 5.32 Å². The Bertz CT molecular complexity index is 632. The molecule has 0 atom stereocenters. The first-order valence-corrected chi connectivity index (χ1v) is 8.28. The first-order valence-electron chi connectivity index (χ1n) is 6.68. The molecule has 20 heavy (non-hydrogen) atoms. The Balaban J connectivity index is 1.79. The molecule has 0 unspecified atom stereocenters. The van der Waals surface area contributed by atoms with Gasteiger partial charge in [-0.3, -0.25) is 4.79 Å². The van der Waals surface area contributed by atoms with E-state index in [-0.39, 0.29) is 11.8 Å². The van der Waals surface area contributed by atoms with Gasteiger partial charge in [0, 0.05) is 20.8 Å². The maximum Gasteiger partial charge on any atom is 0.229 e. The summed E-state index contributed by atoms with van der Waals surface area (Å²) in [6.45, 7) is 2.04. The first kappa shape index (κ1) is 13.8. The molecule has 1 aromatic heterocycles. The standard InChI is InChI=1S/C15H15BrN2OS/c1-9-13(10-5-7-12(16)8-6-10)17-15(20-9)18-14(19)11-3-2-4-11/h5-8,11H,2-4H2,1H3,(H,17,18,19). The summed E-state index contributed by atoms with van der Waals surface area (Å²) in [6.07, 6.45) is 3.19. The molecule has 1 fully saturated rings. The van der Waals surface area contributed by atoms with Gasteiger partial charge < -0.3 is 5.32 Å². The van der Waals surface area contributed by atoms with Crippen LogP contribution in [0.25, 0.3) is 11.3 Å². The van der Waals surface area contributed by atoms with Gasteiger partial charge in [0.15, 0.2) is 5.13 Å². The lowest BCUT2D eigenvalue weighted by atomic mass is 9.85. The number of aryl methyl sites for hydroxylation is 1. The van der Waals surface area contributed by atoms with E-state index in [9.17, 15) is 4.79 Å². The molecule has 1 aliphatic rings. The second-order valence-corrected chi connectivity index (χ2v) is 7.17. The van der Waals surface area contributed by atoms with Crippen LogP contribution in [0.5, 0.6) is 0 Å². The number of halogens is 1. The van der Waals surface area contributed by atoms with Gasteiger partial charge in [0.25, 0.3) is 0 Å². The molecular weight excluding hydrogens is 336 g/mol. The molecule has 1 amide bonds. The molecule has 2 aromatic rings. The number of nitrogens with zero attached hydrogens (tertiary/aromatic N) is 1. The molecule has 3 nitrogen and oxygen atoms in total. The summed E-state index contributed by atoms with van der Waals surface area (Å²) in [5.41, 5.74) is 2.03. The van der Waals surface area contributed by atoms with E-state index >= 15 is 0 Å². The molecule has 0 bridgehead atoms. The number of aromatic nitrogens is 1. The average Bonchev–Trinajstić information content (AvgIpc) is 2.69. The second-order valence-electron chi connectivity index (χ2n) is 5.05. The van der Waals surface area contributed by atoms with Crippen molar-refractivity contribution < 1.29 is 4.79 Å². The molecule has 0 spiro atoms. The molecule has 104 valence electrons. The number of anilines is 1. The summed E-state index contributed by atoms with van der Waals surface area (Å²) in [5, 5.41) is 3.65. The maximum absolute atomic E-state index is 11.9. The van der Waals surface area contributed by atoms with E-state index in [1.165, 1.54) is 17.8 Å². The summed E-state index contributed by atoms with van der Waals surface area (Å²) in [7, 11) is 0. The molecule has 1 aliphatic carbocycles. The Hall–Kier alpha value is -1.20. The van der Waals surface area contributed by atoms with Crippen molar-refractivity contribution in [3.63, 3.8) is 0 Å². The quantitative estimate of drug-likeness (QED) is 0.877. The number of rotatable bonds is 3. The molecule has 1 N–H and O–H groups in total. The van der Waals surface area contributed by atoms with Crippen LogP contribution in [0, 0.1) is 12.8 Å². The van der Waals surface area contributed by atoms with Crippen molar-refractivity contribution in [3.05, 3.63) is 33.6 Å². The zero-order valence-electron chi connectivity index (χ0n) is 11.1. The van der Waals surface area contributed by atoms with Gasteiger partial charge in [-0.15, -0.1) is 11.3 Å². The Kier molecular flexibility index (Phi) is 3.89. The van der Waals surface area contributed by atoms with E-state index in [2.05, 4.69) is 26.2 Å². The fourth-order valence-electron chi connectivity index (χ4n) is 2.20. The molecule has 0 saturated heterocycles. The lowest BCUT2D eigenvalue weighted by Gasteiger charge is -2.23. The number of amides is 1. The monoisotopic (exact) mass is 350 g/mol. The largest absolute Gasteiger partial charge is 0.302 e. The van der Waals surface area contributed by atoms with Crippen LogP contribution in [-0.4, -0.2) is 10.9 Å². The predicted octanol–water partition coefficient (Wildman–Crippen LogP) is 4.62.